The molecule has 4 nitrogen and oxygen atoms in total. The van der Waals surface area contributed by atoms with E-state index in [2.05, 4.69) is 0 Å². The van der Waals surface area contributed by atoms with E-state index in [9.17, 15) is 9.59 Å². The summed E-state index contributed by atoms with van der Waals surface area (Å²) in [6.45, 7) is 1.21. The molecule has 0 aromatic rings. The minimum absolute atomic E-state index is 0.0206. The fourth-order valence-corrected chi connectivity index (χ4v) is 1.31. The maximum absolute atomic E-state index is 11.3. The first kappa shape index (κ1) is 9.03. The van der Waals surface area contributed by atoms with Crippen molar-refractivity contribution >= 4 is 12.3 Å². The van der Waals surface area contributed by atoms with Crippen LogP contribution in [0.15, 0.2) is 0 Å². The SMILES string of the molecule is CN(C)C(=O)N1CCC([C]=O)C1. The number of rotatable bonds is 1. The smallest absolute Gasteiger partial charge is 0.319 e. The fourth-order valence-electron chi connectivity index (χ4n) is 1.31. The summed E-state index contributed by atoms with van der Waals surface area (Å²) in [4.78, 5) is 24.8. The van der Waals surface area contributed by atoms with Crippen molar-refractivity contribution in [1.82, 2.24) is 9.80 Å². The van der Waals surface area contributed by atoms with Gasteiger partial charge in [-0.1, -0.05) is 0 Å². The Kier molecular flexibility index (Phi) is 2.68. The lowest BCUT2D eigenvalue weighted by atomic mass is 10.1. The van der Waals surface area contributed by atoms with Gasteiger partial charge in [-0.25, -0.2) is 4.79 Å². The average Bonchev–Trinajstić information content (AvgIpc) is 2.50. The van der Waals surface area contributed by atoms with Gasteiger partial charge in [-0.3, -0.25) is 4.79 Å². The molecule has 0 spiro atoms. The van der Waals surface area contributed by atoms with E-state index >= 15 is 0 Å². The number of amides is 2. The molecule has 1 rings (SSSR count). The highest BCUT2D eigenvalue weighted by atomic mass is 16.2. The summed E-state index contributed by atoms with van der Waals surface area (Å²) in [7, 11) is 3.42. The number of carbonyl (C=O) groups is 1. The van der Waals surface area contributed by atoms with Crippen molar-refractivity contribution in [2.45, 2.75) is 6.42 Å². The zero-order chi connectivity index (χ0) is 9.14. The summed E-state index contributed by atoms with van der Waals surface area (Å²) in [6, 6.07) is -0.0206. The van der Waals surface area contributed by atoms with Crippen LogP contribution in [0.25, 0.3) is 0 Å². The zero-order valence-corrected chi connectivity index (χ0v) is 7.41. The summed E-state index contributed by atoms with van der Waals surface area (Å²) in [6.07, 6.45) is 2.68. The van der Waals surface area contributed by atoms with E-state index < -0.39 is 0 Å². The van der Waals surface area contributed by atoms with Gasteiger partial charge in [0.1, 0.15) is 0 Å². The maximum Gasteiger partial charge on any atom is 0.319 e. The van der Waals surface area contributed by atoms with E-state index in [4.69, 9.17) is 0 Å². The van der Waals surface area contributed by atoms with E-state index in [1.54, 1.807) is 19.0 Å². The van der Waals surface area contributed by atoms with Crippen LogP contribution in [0.5, 0.6) is 0 Å². The lowest BCUT2D eigenvalue weighted by Crippen LogP contribution is -2.37. The maximum atomic E-state index is 11.3. The third kappa shape index (κ3) is 1.75. The van der Waals surface area contributed by atoms with Gasteiger partial charge in [-0.05, 0) is 6.42 Å². The molecule has 1 aliphatic rings. The largest absolute Gasteiger partial charge is 0.331 e. The van der Waals surface area contributed by atoms with Crippen molar-refractivity contribution in [2.24, 2.45) is 5.92 Å². The van der Waals surface area contributed by atoms with Gasteiger partial charge in [-0.15, -0.1) is 0 Å². The molecule has 2 amide bonds. The highest BCUT2D eigenvalue weighted by molar-refractivity contribution is 5.75. The second-order valence-corrected chi connectivity index (χ2v) is 3.23. The highest BCUT2D eigenvalue weighted by Crippen LogP contribution is 2.14. The number of urea groups is 1. The molecule has 1 saturated heterocycles. The van der Waals surface area contributed by atoms with Crippen molar-refractivity contribution in [3.05, 3.63) is 0 Å². The van der Waals surface area contributed by atoms with Crippen LogP contribution in [0, 0.1) is 5.92 Å². The van der Waals surface area contributed by atoms with Crippen LogP contribution in [0.3, 0.4) is 0 Å². The minimum Gasteiger partial charge on any atom is -0.331 e. The molecule has 67 valence electrons. The van der Waals surface area contributed by atoms with Crippen molar-refractivity contribution in [3.8, 4) is 0 Å². The lowest BCUT2D eigenvalue weighted by molar-refractivity contribution is 0.181. The zero-order valence-electron chi connectivity index (χ0n) is 7.41. The summed E-state index contributed by atoms with van der Waals surface area (Å²) < 4.78 is 0. The minimum atomic E-state index is -0.0751. The molecular weight excluding hydrogens is 156 g/mol. The molecule has 0 bridgehead atoms. The monoisotopic (exact) mass is 169 g/mol. The molecule has 1 heterocycles. The van der Waals surface area contributed by atoms with Gasteiger partial charge in [0.15, 0.2) is 0 Å². The van der Waals surface area contributed by atoms with Crippen molar-refractivity contribution < 1.29 is 9.59 Å². The van der Waals surface area contributed by atoms with Crippen LogP contribution in [0.4, 0.5) is 4.79 Å². The normalized spacial score (nSPS) is 22.5. The van der Waals surface area contributed by atoms with Gasteiger partial charge in [0.05, 0.1) is 0 Å². The Morgan fingerprint density at radius 2 is 2.25 bits per heavy atom. The predicted molar refractivity (Wildman–Crippen MR) is 44.5 cm³/mol. The van der Waals surface area contributed by atoms with E-state index in [1.165, 1.54) is 4.90 Å². The van der Waals surface area contributed by atoms with Crippen LogP contribution in [-0.2, 0) is 4.79 Å². The van der Waals surface area contributed by atoms with Gasteiger partial charge in [0, 0.05) is 33.1 Å². The molecule has 0 aromatic carbocycles. The van der Waals surface area contributed by atoms with Gasteiger partial charge in [-0.2, -0.15) is 0 Å². The topological polar surface area (TPSA) is 40.6 Å². The third-order valence-corrected chi connectivity index (χ3v) is 2.01. The van der Waals surface area contributed by atoms with E-state index in [0.717, 1.165) is 6.42 Å². The number of hydrogen-bond acceptors (Lipinski definition) is 2. The quantitative estimate of drug-likeness (QED) is 0.558. The van der Waals surface area contributed by atoms with E-state index in [0.29, 0.717) is 13.1 Å². The molecule has 0 saturated carbocycles. The Morgan fingerprint density at radius 1 is 1.58 bits per heavy atom. The standard InChI is InChI=1S/C8H13N2O2/c1-9(2)8(12)10-4-3-7(5-10)6-11/h7H,3-5H2,1-2H3. The molecule has 1 radical (unpaired) electrons. The molecule has 12 heavy (non-hydrogen) atoms. The Labute approximate surface area is 72.1 Å². The summed E-state index contributed by atoms with van der Waals surface area (Å²) in [5.74, 6) is -0.0751. The van der Waals surface area contributed by atoms with Gasteiger partial charge < -0.3 is 9.80 Å². The first-order valence-electron chi connectivity index (χ1n) is 3.99. The Balaban J connectivity index is 2.46. The van der Waals surface area contributed by atoms with Gasteiger partial charge in [0.25, 0.3) is 0 Å². The molecule has 1 aliphatic heterocycles. The van der Waals surface area contributed by atoms with Crippen LogP contribution < -0.4 is 0 Å². The molecule has 0 aliphatic carbocycles. The molecule has 4 heteroatoms. The molecule has 0 aromatic heterocycles. The molecule has 0 N–H and O–H groups in total. The Bertz CT molecular complexity index is 191. The second kappa shape index (κ2) is 3.56. The third-order valence-electron chi connectivity index (χ3n) is 2.01. The van der Waals surface area contributed by atoms with Crippen LogP contribution >= 0.6 is 0 Å². The van der Waals surface area contributed by atoms with Crippen LogP contribution in [0.1, 0.15) is 6.42 Å². The summed E-state index contributed by atoms with van der Waals surface area (Å²) in [5.41, 5.74) is 0. The fraction of sp³-hybridized carbons (Fsp3) is 0.750. The number of carbonyl (C=O) groups excluding carboxylic acids is 2. The molecule has 1 fully saturated rings. The molecule has 1 atom stereocenters. The van der Waals surface area contributed by atoms with Gasteiger partial charge >= 0.3 is 6.03 Å². The van der Waals surface area contributed by atoms with Crippen molar-refractivity contribution in [2.75, 3.05) is 27.2 Å². The predicted octanol–water partition coefficient (Wildman–Crippen LogP) is 0.0996. The van der Waals surface area contributed by atoms with E-state index in [1.807, 2.05) is 6.29 Å². The second-order valence-electron chi connectivity index (χ2n) is 3.23. The van der Waals surface area contributed by atoms with Crippen LogP contribution in [0.2, 0.25) is 0 Å². The Hall–Kier alpha value is -1.06. The lowest BCUT2D eigenvalue weighted by Gasteiger charge is -2.20. The summed E-state index contributed by atoms with van der Waals surface area (Å²) in [5, 5.41) is 0. The first-order valence-corrected chi connectivity index (χ1v) is 3.99. The Morgan fingerprint density at radius 3 is 2.67 bits per heavy atom. The molecular formula is C8H13N2O2. The molecule has 1 unspecified atom stereocenters. The average molecular weight is 169 g/mol. The number of likely N-dealkylation sites (tertiary alicyclic amines) is 1. The number of nitrogens with zero attached hydrogens (tertiary/aromatic N) is 2. The van der Waals surface area contributed by atoms with Gasteiger partial charge in [0.2, 0.25) is 6.29 Å². The van der Waals surface area contributed by atoms with E-state index in [-0.39, 0.29) is 11.9 Å². The van der Waals surface area contributed by atoms with Crippen molar-refractivity contribution in [3.63, 3.8) is 0 Å². The highest BCUT2D eigenvalue weighted by Gasteiger charge is 2.26. The summed E-state index contributed by atoms with van der Waals surface area (Å²) >= 11 is 0. The number of hydrogen-bond donors (Lipinski definition) is 0. The first-order chi connectivity index (χ1) is 5.65. The van der Waals surface area contributed by atoms with Crippen molar-refractivity contribution in [1.29, 1.82) is 0 Å². The van der Waals surface area contributed by atoms with Crippen LogP contribution in [-0.4, -0.2) is 49.3 Å².